The van der Waals surface area contributed by atoms with Crippen molar-refractivity contribution in [2.75, 3.05) is 4.90 Å². The van der Waals surface area contributed by atoms with Gasteiger partial charge in [-0.3, -0.25) is 0 Å². The fraction of sp³-hybridized carbons (Fsp3) is 0.0417. The lowest BCUT2D eigenvalue weighted by Gasteiger charge is -2.26. The predicted octanol–water partition coefficient (Wildman–Crippen LogP) is 13.4. The molecular formula is C48H35N. The van der Waals surface area contributed by atoms with E-state index in [1.165, 1.54) is 66.1 Å². The predicted molar refractivity (Wildman–Crippen MR) is 210 cm³/mol. The zero-order valence-corrected chi connectivity index (χ0v) is 27.3. The normalized spacial score (nSPS) is 12.2. The summed E-state index contributed by atoms with van der Waals surface area (Å²) in [5.74, 6) is 0. The van der Waals surface area contributed by atoms with Gasteiger partial charge in [0, 0.05) is 17.1 Å². The Hall–Kier alpha value is -6.18. The van der Waals surface area contributed by atoms with Crippen LogP contribution in [0.3, 0.4) is 0 Å². The number of hydrogen-bond donors (Lipinski definition) is 0. The van der Waals surface area contributed by atoms with Crippen molar-refractivity contribution in [3.63, 3.8) is 0 Å². The van der Waals surface area contributed by atoms with Gasteiger partial charge in [0.05, 0.1) is 0 Å². The first-order chi connectivity index (χ1) is 24.3. The smallest absolute Gasteiger partial charge is 0.0462 e. The molecule has 1 nitrogen and oxygen atoms in total. The van der Waals surface area contributed by atoms with Gasteiger partial charge in [-0.1, -0.05) is 152 Å². The number of benzene rings is 8. The molecule has 1 heteroatoms. The molecule has 0 bridgehead atoms. The van der Waals surface area contributed by atoms with E-state index >= 15 is 0 Å². The van der Waals surface area contributed by atoms with E-state index < -0.39 is 0 Å². The minimum Gasteiger partial charge on any atom is -0.311 e. The average molecular weight is 626 g/mol. The highest BCUT2D eigenvalue weighted by atomic mass is 15.1. The topological polar surface area (TPSA) is 3.24 Å². The van der Waals surface area contributed by atoms with Crippen LogP contribution in [-0.4, -0.2) is 0 Å². The van der Waals surface area contributed by atoms with Crippen molar-refractivity contribution in [2.45, 2.75) is 12.8 Å². The van der Waals surface area contributed by atoms with E-state index in [0.717, 1.165) is 29.9 Å². The van der Waals surface area contributed by atoms with Crippen LogP contribution in [0, 0.1) is 0 Å². The summed E-state index contributed by atoms with van der Waals surface area (Å²) >= 11 is 0. The number of anilines is 3. The van der Waals surface area contributed by atoms with Gasteiger partial charge in [-0.2, -0.15) is 0 Å². The Bertz CT molecular complexity index is 2330. The summed E-state index contributed by atoms with van der Waals surface area (Å²) in [4.78, 5) is 2.36. The van der Waals surface area contributed by atoms with E-state index in [-0.39, 0.29) is 0 Å². The highest BCUT2D eigenvalue weighted by Gasteiger charge is 2.16. The summed E-state index contributed by atoms with van der Waals surface area (Å²) in [5.41, 5.74) is 13.6. The van der Waals surface area contributed by atoms with Crippen LogP contribution in [0.4, 0.5) is 17.1 Å². The van der Waals surface area contributed by atoms with Crippen LogP contribution in [0.5, 0.6) is 0 Å². The monoisotopic (exact) mass is 625 g/mol. The average Bonchev–Trinajstić information content (AvgIpc) is 3.18. The number of fused-ring (bicyclic) bond motifs is 3. The second-order valence-electron chi connectivity index (χ2n) is 12.8. The molecule has 1 aliphatic rings. The summed E-state index contributed by atoms with van der Waals surface area (Å²) in [6.07, 6.45) is 6.81. The lowest BCUT2D eigenvalue weighted by atomic mass is 9.90. The SMILES string of the molecule is C1=Cc2c(cccc2-c2ccc(N(c3ccc(-c4cccc5ccccc45)cc3)c3ccc(-c4cccc5ccccc45)cc3)cc2)CC1. The maximum absolute atomic E-state index is 2.36. The van der Waals surface area contributed by atoms with Gasteiger partial charge in [0.1, 0.15) is 0 Å². The Morgan fingerprint density at radius 2 is 0.796 bits per heavy atom. The van der Waals surface area contributed by atoms with E-state index in [9.17, 15) is 0 Å². The standard InChI is InChI=1S/C48H35N/c1-4-16-43-34(10-1)13-7-19-46(43)37-22-28-40(29-23-37)49(41-30-24-38(25-31-41)47-20-8-14-35-11-2-5-17-44(35)47)42-32-26-39(27-33-42)48-21-9-15-36-12-3-6-18-45(36)48/h1-2,4-11,13-33H,3,12H2. The molecule has 0 amide bonds. The zero-order valence-electron chi connectivity index (χ0n) is 27.3. The minimum absolute atomic E-state index is 1.11. The fourth-order valence-electron chi connectivity index (χ4n) is 7.49. The number of hydrogen-bond acceptors (Lipinski definition) is 1. The van der Waals surface area contributed by atoms with E-state index in [2.05, 4.69) is 193 Å². The zero-order chi connectivity index (χ0) is 32.6. The summed E-state index contributed by atoms with van der Waals surface area (Å²) < 4.78 is 0. The third-order valence-electron chi connectivity index (χ3n) is 9.95. The van der Waals surface area contributed by atoms with E-state index in [0.29, 0.717) is 0 Å². The van der Waals surface area contributed by atoms with Crippen molar-refractivity contribution in [2.24, 2.45) is 0 Å². The molecule has 0 atom stereocenters. The first kappa shape index (κ1) is 29.0. The summed E-state index contributed by atoms with van der Waals surface area (Å²) in [7, 11) is 0. The third kappa shape index (κ3) is 5.40. The quantitative estimate of drug-likeness (QED) is 0.178. The maximum atomic E-state index is 2.36. The van der Waals surface area contributed by atoms with Crippen molar-refractivity contribution < 1.29 is 0 Å². The molecule has 1 aliphatic carbocycles. The van der Waals surface area contributed by atoms with Gasteiger partial charge < -0.3 is 4.90 Å². The molecule has 0 aliphatic heterocycles. The minimum atomic E-state index is 1.11. The Balaban J connectivity index is 1.12. The van der Waals surface area contributed by atoms with Crippen LogP contribution in [0.2, 0.25) is 0 Å². The number of nitrogens with zero attached hydrogens (tertiary/aromatic N) is 1. The van der Waals surface area contributed by atoms with Gasteiger partial charge in [-0.25, -0.2) is 0 Å². The second kappa shape index (κ2) is 12.4. The highest BCUT2D eigenvalue weighted by Crippen LogP contribution is 2.40. The molecule has 8 aromatic carbocycles. The molecule has 0 saturated heterocycles. The lowest BCUT2D eigenvalue weighted by Crippen LogP contribution is -2.09. The molecule has 0 aromatic heterocycles. The van der Waals surface area contributed by atoms with Crippen molar-refractivity contribution in [3.8, 4) is 33.4 Å². The summed E-state index contributed by atoms with van der Waals surface area (Å²) in [6.45, 7) is 0. The van der Waals surface area contributed by atoms with Crippen LogP contribution in [0.25, 0.3) is 61.0 Å². The molecule has 8 aromatic rings. The van der Waals surface area contributed by atoms with Gasteiger partial charge in [0.15, 0.2) is 0 Å². The molecule has 0 saturated carbocycles. The van der Waals surface area contributed by atoms with E-state index in [1.807, 2.05) is 0 Å². The van der Waals surface area contributed by atoms with Crippen molar-refractivity contribution in [3.05, 3.63) is 193 Å². The van der Waals surface area contributed by atoms with Gasteiger partial charge in [-0.05, 0) is 115 Å². The largest absolute Gasteiger partial charge is 0.311 e. The van der Waals surface area contributed by atoms with Crippen molar-refractivity contribution in [1.82, 2.24) is 0 Å². The van der Waals surface area contributed by atoms with Gasteiger partial charge >= 0.3 is 0 Å². The molecule has 232 valence electrons. The molecule has 0 spiro atoms. The Kier molecular flexibility index (Phi) is 7.37. The molecule has 0 N–H and O–H groups in total. The number of aryl methyl sites for hydroxylation is 1. The number of allylic oxidation sites excluding steroid dienone is 1. The molecule has 9 rings (SSSR count). The van der Waals surface area contributed by atoms with E-state index in [4.69, 9.17) is 0 Å². The number of rotatable bonds is 6. The van der Waals surface area contributed by atoms with Gasteiger partial charge in [0.2, 0.25) is 0 Å². The summed E-state index contributed by atoms with van der Waals surface area (Å²) in [6, 6.07) is 64.2. The van der Waals surface area contributed by atoms with Crippen molar-refractivity contribution >= 4 is 44.7 Å². The van der Waals surface area contributed by atoms with Crippen LogP contribution in [-0.2, 0) is 6.42 Å². The summed E-state index contributed by atoms with van der Waals surface area (Å²) in [5, 5.41) is 5.05. The highest BCUT2D eigenvalue weighted by molar-refractivity contribution is 5.98. The first-order valence-electron chi connectivity index (χ1n) is 17.2. The van der Waals surface area contributed by atoms with Crippen molar-refractivity contribution in [1.29, 1.82) is 0 Å². The maximum Gasteiger partial charge on any atom is 0.0462 e. The van der Waals surface area contributed by atoms with Crippen LogP contribution in [0.15, 0.2) is 182 Å². The molecule has 0 radical (unpaired) electrons. The molecular weight excluding hydrogens is 591 g/mol. The third-order valence-corrected chi connectivity index (χ3v) is 9.95. The van der Waals surface area contributed by atoms with Crippen LogP contribution < -0.4 is 4.90 Å². The molecule has 0 heterocycles. The van der Waals surface area contributed by atoms with Gasteiger partial charge in [0.25, 0.3) is 0 Å². The van der Waals surface area contributed by atoms with E-state index in [1.54, 1.807) is 0 Å². The van der Waals surface area contributed by atoms with Gasteiger partial charge in [-0.15, -0.1) is 0 Å². The Labute approximate surface area is 288 Å². The van der Waals surface area contributed by atoms with Crippen LogP contribution in [0.1, 0.15) is 17.5 Å². The van der Waals surface area contributed by atoms with Crippen LogP contribution >= 0.6 is 0 Å². The molecule has 0 unspecified atom stereocenters. The second-order valence-corrected chi connectivity index (χ2v) is 12.8. The Morgan fingerprint density at radius 1 is 0.367 bits per heavy atom. The first-order valence-corrected chi connectivity index (χ1v) is 17.2. The molecule has 49 heavy (non-hydrogen) atoms. The lowest BCUT2D eigenvalue weighted by molar-refractivity contribution is 0.986. The molecule has 0 fully saturated rings. The fourth-order valence-corrected chi connectivity index (χ4v) is 7.49. The Morgan fingerprint density at radius 3 is 1.33 bits per heavy atom.